The quantitative estimate of drug-likeness (QED) is 0.840. The minimum atomic E-state index is -0.499. The van der Waals surface area contributed by atoms with Crippen LogP contribution in [0.3, 0.4) is 0 Å². The SMILES string of the molecule is COc1cc(NC(=O)c2cc(S)ccc2Cl)ccc1F. The molecule has 20 heavy (non-hydrogen) atoms. The molecule has 1 amide bonds. The maximum Gasteiger partial charge on any atom is 0.257 e. The van der Waals surface area contributed by atoms with Gasteiger partial charge in [0.05, 0.1) is 17.7 Å². The summed E-state index contributed by atoms with van der Waals surface area (Å²) in [5.74, 6) is -0.850. The van der Waals surface area contributed by atoms with Gasteiger partial charge < -0.3 is 10.1 Å². The molecule has 0 radical (unpaired) electrons. The lowest BCUT2D eigenvalue weighted by Crippen LogP contribution is -2.12. The first-order valence-electron chi connectivity index (χ1n) is 5.64. The number of hydrogen-bond donors (Lipinski definition) is 2. The maximum atomic E-state index is 13.3. The van der Waals surface area contributed by atoms with Gasteiger partial charge in [0.2, 0.25) is 0 Å². The predicted octanol–water partition coefficient (Wildman–Crippen LogP) is 4.03. The van der Waals surface area contributed by atoms with Crippen LogP contribution in [0.4, 0.5) is 10.1 Å². The summed E-state index contributed by atoms with van der Waals surface area (Å²) in [6, 6.07) is 8.87. The number of anilines is 1. The first-order chi connectivity index (χ1) is 9.51. The van der Waals surface area contributed by atoms with Crippen molar-refractivity contribution in [3.05, 3.63) is 52.8 Å². The zero-order valence-electron chi connectivity index (χ0n) is 10.5. The molecule has 2 rings (SSSR count). The molecule has 6 heteroatoms. The highest BCUT2D eigenvalue weighted by atomic mass is 35.5. The van der Waals surface area contributed by atoms with E-state index in [0.29, 0.717) is 21.2 Å². The van der Waals surface area contributed by atoms with Crippen molar-refractivity contribution < 1.29 is 13.9 Å². The number of ether oxygens (including phenoxy) is 1. The van der Waals surface area contributed by atoms with E-state index in [1.807, 2.05) is 0 Å². The van der Waals surface area contributed by atoms with Crippen molar-refractivity contribution in [2.75, 3.05) is 12.4 Å². The normalized spacial score (nSPS) is 10.2. The fourth-order valence-corrected chi connectivity index (χ4v) is 2.03. The van der Waals surface area contributed by atoms with Gasteiger partial charge in [-0.1, -0.05) is 11.6 Å². The molecular weight excluding hydrogens is 301 g/mol. The van der Waals surface area contributed by atoms with Crippen LogP contribution in [-0.4, -0.2) is 13.0 Å². The number of carbonyl (C=O) groups excluding carboxylic acids is 1. The standard InChI is InChI=1S/C14H11ClFNO2S/c1-19-13-6-8(2-5-12(13)16)17-14(18)10-7-9(20)3-4-11(10)15/h2-7,20H,1H3,(H,17,18). The molecule has 2 aromatic carbocycles. The van der Waals surface area contributed by atoms with Crippen molar-refractivity contribution in [2.45, 2.75) is 4.90 Å². The Morgan fingerprint density at radius 1 is 1.30 bits per heavy atom. The van der Waals surface area contributed by atoms with Crippen molar-refractivity contribution in [1.82, 2.24) is 0 Å². The third-order valence-electron chi connectivity index (χ3n) is 2.60. The Balaban J connectivity index is 2.25. The van der Waals surface area contributed by atoms with Crippen LogP contribution in [0.2, 0.25) is 5.02 Å². The molecule has 0 fully saturated rings. The molecule has 0 aliphatic carbocycles. The van der Waals surface area contributed by atoms with Crippen molar-refractivity contribution >= 4 is 35.8 Å². The average Bonchev–Trinajstić information content (AvgIpc) is 2.43. The number of methoxy groups -OCH3 is 1. The molecule has 104 valence electrons. The minimum Gasteiger partial charge on any atom is -0.494 e. The van der Waals surface area contributed by atoms with Gasteiger partial charge in [0.1, 0.15) is 0 Å². The lowest BCUT2D eigenvalue weighted by atomic mass is 10.2. The number of halogens is 2. The number of amides is 1. The van der Waals surface area contributed by atoms with E-state index in [-0.39, 0.29) is 5.75 Å². The van der Waals surface area contributed by atoms with Crippen molar-refractivity contribution in [2.24, 2.45) is 0 Å². The molecule has 0 heterocycles. The molecule has 0 spiro atoms. The monoisotopic (exact) mass is 311 g/mol. The van der Waals surface area contributed by atoms with Gasteiger partial charge in [-0.25, -0.2) is 4.39 Å². The molecule has 0 saturated heterocycles. The molecular formula is C14H11ClFNO2S. The van der Waals surface area contributed by atoms with Gasteiger partial charge in [-0.15, -0.1) is 12.6 Å². The van der Waals surface area contributed by atoms with Gasteiger partial charge >= 0.3 is 0 Å². The largest absolute Gasteiger partial charge is 0.494 e. The second-order valence-corrected chi connectivity index (χ2v) is 4.89. The Kier molecular flexibility index (Phi) is 4.52. The highest BCUT2D eigenvalue weighted by Gasteiger charge is 2.12. The second-order valence-electron chi connectivity index (χ2n) is 3.97. The van der Waals surface area contributed by atoms with Gasteiger partial charge in [-0.2, -0.15) is 0 Å². The average molecular weight is 312 g/mol. The van der Waals surface area contributed by atoms with Crippen LogP contribution >= 0.6 is 24.2 Å². The lowest BCUT2D eigenvalue weighted by molar-refractivity contribution is 0.102. The Hall–Kier alpha value is -1.72. The molecule has 0 atom stereocenters. The van der Waals surface area contributed by atoms with Crippen molar-refractivity contribution in [3.8, 4) is 5.75 Å². The fourth-order valence-electron chi connectivity index (χ4n) is 1.62. The third kappa shape index (κ3) is 3.23. The Morgan fingerprint density at radius 2 is 2.05 bits per heavy atom. The number of nitrogens with one attached hydrogen (secondary N) is 1. The number of carbonyl (C=O) groups is 1. The highest BCUT2D eigenvalue weighted by Crippen LogP contribution is 2.24. The molecule has 0 saturated carbocycles. The van der Waals surface area contributed by atoms with Crippen molar-refractivity contribution in [1.29, 1.82) is 0 Å². The minimum absolute atomic E-state index is 0.0526. The van der Waals surface area contributed by atoms with E-state index >= 15 is 0 Å². The third-order valence-corrected chi connectivity index (χ3v) is 3.21. The van der Waals surface area contributed by atoms with Gasteiger partial charge in [-0.05, 0) is 30.3 Å². The predicted molar refractivity (Wildman–Crippen MR) is 79.6 cm³/mol. The Morgan fingerprint density at radius 3 is 2.75 bits per heavy atom. The zero-order valence-corrected chi connectivity index (χ0v) is 12.1. The van der Waals surface area contributed by atoms with E-state index in [4.69, 9.17) is 16.3 Å². The Labute approximate surface area is 126 Å². The van der Waals surface area contributed by atoms with E-state index in [2.05, 4.69) is 17.9 Å². The van der Waals surface area contributed by atoms with E-state index in [9.17, 15) is 9.18 Å². The molecule has 1 N–H and O–H groups in total. The zero-order chi connectivity index (χ0) is 14.7. The molecule has 3 nitrogen and oxygen atoms in total. The lowest BCUT2D eigenvalue weighted by Gasteiger charge is -2.09. The summed E-state index contributed by atoms with van der Waals surface area (Å²) in [6.45, 7) is 0. The smallest absolute Gasteiger partial charge is 0.257 e. The number of benzene rings is 2. The van der Waals surface area contributed by atoms with Crippen LogP contribution in [0.15, 0.2) is 41.3 Å². The van der Waals surface area contributed by atoms with Crippen LogP contribution in [0.25, 0.3) is 0 Å². The van der Waals surface area contributed by atoms with Crippen molar-refractivity contribution in [3.63, 3.8) is 0 Å². The summed E-state index contributed by atoms with van der Waals surface area (Å²) in [4.78, 5) is 12.7. The maximum absolute atomic E-state index is 13.3. The van der Waals surface area contributed by atoms with Crippen LogP contribution < -0.4 is 10.1 Å². The molecule has 0 aromatic heterocycles. The second kappa shape index (κ2) is 6.15. The molecule has 0 aliphatic heterocycles. The van der Waals surface area contributed by atoms with Gasteiger partial charge in [0, 0.05) is 16.6 Å². The number of hydrogen-bond acceptors (Lipinski definition) is 3. The molecule has 0 aliphatic rings. The topological polar surface area (TPSA) is 38.3 Å². The number of thiol groups is 1. The summed E-state index contributed by atoms with van der Waals surface area (Å²) in [5.41, 5.74) is 0.705. The van der Waals surface area contributed by atoms with Gasteiger partial charge in [0.25, 0.3) is 5.91 Å². The van der Waals surface area contributed by atoms with Gasteiger partial charge in [-0.3, -0.25) is 4.79 Å². The first-order valence-corrected chi connectivity index (χ1v) is 6.47. The summed E-state index contributed by atoms with van der Waals surface area (Å²) in [6.07, 6.45) is 0. The van der Waals surface area contributed by atoms with Crippen LogP contribution in [-0.2, 0) is 0 Å². The highest BCUT2D eigenvalue weighted by molar-refractivity contribution is 7.80. The summed E-state index contributed by atoms with van der Waals surface area (Å²) < 4.78 is 18.1. The summed E-state index contributed by atoms with van der Waals surface area (Å²) >= 11 is 10.1. The molecule has 2 aromatic rings. The summed E-state index contributed by atoms with van der Waals surface area (Å²) in [5, 5.41) is 2.94. The fraction of sp³-hybridized carbons (Fsp3) is 0.0714. The summed E-state index contributed by atoms with van der Waals surface area (Å²) in [7, 11) is 1.35. The van der Waals surface area contributed by atoms with E-state index in [0.717, 1.165) is 0 Å². The van der Waals surface area contributed by atoms with Crippen LogP contribution in [0.1, 0.15) is 10.4 Å². The van der Waals surface area contributed by atoms with E-state index in [1.165, 1.54) is 25.3 Å². The number of rotatable bonds is 3. The van der Waals surface area contributed by atoms with E-state index < -0.39 is 11.7 Å². The first kappa shape index (κ1) is 14.7. The molecule has 0 bridgehead atoms. The molecule has 0 unspecified atom stereocenters. The Bertz CT molecular complexity index is 664. The van der Waals surface area contributed by atoms with Crippen LogP contribution in [0.5, 0.6) is 5.75 Å². The van der Waals surface area contributed by atoms with Gasteiger partial charge in [0.15, 0.2) is 11.6 Å². The van der Waals surface area contributed by atoms with E-state index in [1.54, 1.807) is 18.2 Å². The van der Waals surface area contributed by atoms with Crippen LogP contribution in [0, 0.1) is 5.82 Å².